The fraction of sp³-hybridized carbons (Fsp3) is 0.214. The lowest BCUT2D eigenvalue weighted by molar-refractivity contribution is 0.0971. The third-order valence-corrected chi connectivity index (χ3v) is 6.31. The summed E-state index contributed by atoms with van der Waals surface area (Å²) in [7, 11) is 0. The minimum atomic E-state index is -0.626. The van der Waals surface area contributed by atoms with Gasteiger partial charge in [0.2, 0.25) is 5.76 Å². The summed E-state index contributed by atoms with van der Waals surface area (Å²) in [6.07, 6.45) is 3.26. The first-order valence-electron chi connectivity index (χ1n) is 11.5. The van der Waals surface area contributed by atoms with Crippen LogP contribution in [0.5, 0.6) is 5.75 Å². The van der Waals surface area contributed by atoms with Crippen molar-refractivity contribution in [2.75, 3.05) is 11.5 Å². The summed E-state index contributed by atoms with van der Waals surface area (Å²) in [6.45, 7) is 2.81. The van der Waals surface area contributed by atoms with Crippen molar-refractivity contribution in [3.63, 3.8) is 0 Å². The minimum absolute atomic E-state index is 0.0635. The lowest BCUT2D eigenvalue weighted by atomic mass is 9.98. The van der Waals surface area contributed by atoms with Gasteiger partial charge in [0, 0.05) is 10.7 Å². The Balaban J connectivity index is 1.62. The van der Waals surface area contributed by atoms with E-state index in [9.17, 15) is 9.59 Å². The number of amides is 1. The maximum Gasteiger partial charge on any atom is 0.295 e. The Labute approximate surface area is 202 Å². The van der Waals surface area contributed by atoms with Gasteiger partial charge in [0.05, 0.1) is 23.6 Å². The zero-order valence-electron chi connectivity index (χ0n) is 18.8. The standard InChI is InChI=1S/C28H24ClNO4/c1-2-3-7-16-33-21-13-10-18(11-14-21)25-24-26(31)22-17-19(29)12-15-23(22)34-27(24)28(32)30(25)20-8-5-4-6-9-20/h4-6,8-15,17,25H,2-3,7,16H2,1H3. The van der Waals surface area contributed by atoms with E-state index in [1.165, 1.54) is 0 Å². The van der Waals surface area contributed by atoms with Gasteiger partial charge in [-0.25, -0.2) is 0 Å². The van der Waals surface area contributed by atoms with Gasteiger partial charge in [0.25, 0.3) is 5.91 Å². The second kappa shape index (κ2) is 9.35. The van der Waals surface area contributed by atoms with Gasteiger partial charge in [0.1, 0.15) is 11.3 Å². The number of para-hydroxylation sites is 1. The van der Waals surface area contributed by atoms with Crippen LogP contribution >= 0.6 is 11.6 Å². The van der Waals surface area contributed by atoms with Gasteiger partial charge in [-0.05, 0) is 54.4 Å². The molecule has 0 fully saturated rings. The summed E-state index contributed by atoms with van der Waals surface area (Å²) in [5.74, 6) is 0.474. The van der Waals surface area contributed by atoms with Gasteiger partial charge in [-0.1, -0.05) is 61.7 Å². The van der Waals surface area contributed by atoms with Crippen LogP contribution in [0.25, 0.3) is 11.0 Å². The van der Waals surface area contributed by atoms with Crippen molar-refractivity contribution in [2.45, 2.75) is 32.2 Å². The molecule has 6 heteroatoms. The number of hydrogen-bond donors (Lipinski definition) is 0. The van der Waals surface area contributed by atoms with Gasteiger partial charge in [-0.2, -0.15) is 0 Å². The van der Waals surface area contributed by atoms with E-state index in [1.54, 1.807) is 23.1 Å². The highest BCUT2D eigenvalue weighted by Crippen LogP contribution is 2.41. The van der Waals surface area contributed by atoms with Crippen molar-refractivity contribution in [2.24, 2.45) is 0 Å². The van der Waals surface area contributed by atoms with Crippen LogP contribution in [0.4, 0.5) is 5.69 Å². The largest absolute Gasteiger partial charge is 0.494 e. The highest BCUT2D eigenvalue weighted by Gasteiger charge is 2.43. The van der Waals surface area contributed by atoms with Gasteiger partial charge in [-0.3, -0.25) is 14.5 Å². The molecule has 5 rings (SSSR count). The number of carbonyl (C=O) groups is 1. The van der Waals surface area contributed by atoms with Crippen LogP contribution in [0.3, 0.4) is 0 Å². The first-order chi connectivity index (χ1) is 16.6. The van der Waals surface area contributed by atoms with Gasteiger partial charge >= 0.3 is 0 Å². The number of nitrogens with zero attached hydrogens (tertiary/aromatic N) is 1. The predicted molar refractivity (Wildman–Crippen MR) is 134 cm³/mol. The molecule has 1 aliphatic rings. The van der Waals surface area contributed by atoms with E-state index in [0.29, 0.717) is 33.8 Å². The third kappa shape index (κ3) is 3.97. The average molecular weight is 474 g/mol. The number of unbranched alkanes of at least 4 members (excludes halogenated alkanes) is 2. The number of fused-ring (bicyclic) bond motifs is 2. The van der Waals surface area contributed by atoms with Crippen molar-refractivity contribution < 1.29 is 13.9 Å². The molecule has 1 aromatic heterocycles. The van der Waals surface area contributed by atoms with E-state index >= 15 is 0 Å². The van der Waals surface area contributed by atoms with E-state index in [4.69, 9.17) is 20.8 Å². The number of carbonyl (C=O) groups excluding carboxylic acids is 1. The lowest BCUT2D eigenvalue weighted by Gasteiger charge is -2.25. The quantitative estimate of drug-likeness (QED) is 0.278. The molecule has 4 aromatic rings. The number of benzene rings is 3. The molecule has 0 aliphatic carbocycles. The summed E-state index contributed by atoms with van der Waals surface area (Å²) < 4.78 is 11.8. The number of rotatable bonds is 7. The molecule has 0 N–H and O–H groups in total. The summed E-state index contributed by atoms with van der Waals surface area (Å²) >= 11 is 6.16. The normalized spacial score (nSPS) is 15.1. The molecule has 1 atom stereocenters. The Bertz CT molecular complexity index is 1400. The molecule has 0 radical (unpaired) electrons. The first-order valence-corrected chi connectivity index (χ1v) is 11.8. The molecule has 3 aromatic carbocycles. The van der Waals surface area contributed by atoms with Crippen LogP contribution in [0, 0.1) is 0 Å². The van der Waals surface area contributed by atoms with Crippen molar-refractivity contribution >= 4 is 34.2 Å². The highest BCUT2D eigenvalue weighted by molar-refractivity contribution is 6.31. The van der Waals surface area contributed by atoms with Crippen molar-refractivity contribution in [3.05, 3.63) is 105 Å². The molecule has 1 aliphatic heterocycles. The average Bonchev–Trinajstić information content (AvgIpc) is 3.16. The van der Waals surface area contributed by atoms with Crippen LogP contribution in [-0.2, 0) is 0 Å². The van der Waals surface area contributed by atoms with Crippen LogP contribution in [0.15, 0.2) is 82.0 Å². The molecule has 0 bridgehead atoms. The second-order valence-electron chi connectivity index (χ2n) is 8.35. The SMILES string of the molecule is CCCCCOc1ccc(C2c3c(oc4ccc(Cl)cc4c3=O)C(=O)N2c2ccccc2)cc1. The van der Waals surface area contributed by atoms with Gasteiger partial charge in [0.15, 0.2) is 5.43 Å². The topological polar surface area (TPSA) is 59.8 Å². The molecule has 34 heavy (non-hydrogen) atoms. The molecular formula is C28H24ClNO4. The summed E-state index contributed by atoms with van der Waals surface area (Å²) in [5, 5.41) is 0.792. The summed E-state index contributed by atoms with van der Waals surface area (Å²) in [4.78, 5) is 28.8. The molecule has 2 heterocycles. The van der Waals surface area contributed by atoms with Crippen LogP contribution in [0.2, 0.25) is 5.02 Å². The lowest BCUT2D eigenvalue weighted by Crippen LogP contribution is -2.29. The van der Waals surface area contributed by atoms with Crippen molar-refractivity contribution in [1.82, 2.24) is 0 Å². The van der Waals surface area contributed by atoms with E-state index in [-0.39, 0.29) is 17.1 Å². The number of halogens is 1. The van der Waals surface area contributed by atoms with E-state index in [2.05, 4.69) is 6.92 Å². The fourth-order valence-corrected chi connectivity index (χ4v) is 4.58. The van der Waals surface area contributed by atoms with Crippen LogP contribution < -0.4 is 15.1 Å². The Morgan fingerprint density at radius 1 is 0.971 bits per heavy atom. The number of hydrogen-bond acceptors (Lipinski definition) is 4. The van der Waals surface area contributed by atoms with E-state index < -0.39 is 6.04 Å². The molecule has 1 amide bonds. The maximum atomic E-state index is 13.6. The van der Waals surface area contributed by atoms with Crippen LogP contribution in [-0.4, -0.2) is 12.5 Å². The molecule has 0 saturated carbocycles. The number of anilines is 1. The highest BCUT2D eigenvalue weighted by atomic mass is 35.5. The molecule has 172 valence electrons. The van der Waals surface area contributed by atoms with E-state index in [1.807, 2.05) is 54.6 Å². The van der Waals surface area contributed by atoms with Crippen molar-refractivity contribution in [1.29, 1.82) is 0 Å². The minimum Gasteiger partial charge on any atom is -0.494 e. The number of ether oxygens (including phenoxy) is 1. The Kier molecular flexibility index (Phi) is 6.12. The Hall–Kier alpha value is -3.57. The Morgan fingerprint density at radius 2 is 1.74 bits per heavy atom. The summed E-state index contributed by atoms with van der Waals surface area (Å²) in [5.41, 5.74) is 1.89. The van der Waals surface area contributed by atoms with E-state index in [0.717, 1.165) is 30.6 Å². The van der Waals surface area contributed by atoms with Gasteiger partial charge in [-0.15, -0.1) is 0 Å². The third-order valence-electron chi connectivity index (χ3n) is 6.08. The van der Waals surface area contributed by atoms with Crippen molar-refractivity contribution in [3.8, 4) is 5.75 Å². The van der Waals surface area contributed by atoms with Crippen LogP contribution in [0.1, 0.15) is 53.9 Å². The zero-order valence-corrected chi connectivity index (χ0v) is 19.5. The monoisotopic (exact) mass is 473 g/mol. The molecule has 1 unspecified atom stereocenters. The molecule has 0 saturated heterocycles. The second-order valence-corrected chi connectivity index (χ2v) is 8.79. The summed E-state index contributed by atoms with van der Waals surface area (Å²) in [6, 6.07) is 21.1. The molecular weight excluding hydrogens is 450 g/mol. The molecule has 5 nitrogen and oxygen atoms in total. The maximum absolute atomic E-state index is 13.6. The first kappa shape index (κ1) is 22.2. The smallest absolute Gasteiger partial charge is 0.295 e. The fourth-order valence-electron chi connectivity index (χ4n) is 4.40. The predicted octanol–water partition coefficient (Wildman–Crippen LogP) is 6.77. The zero-order chi connectivity index (χ0) is 23.7. The van der Waals surface area contributed by atoms with Gasteiger partial charge < -0.3 is 9.15 Å². The Morgan fingerprint density at radius 3 is 2.47 bits per heavy atom. The molecule has 0 spiro atoms.